The predicted octanol–water partition coefficient (Wildman–Crippen LogP) is 1.24. The van der Waals surface area contributed by atoms with Crippen molar-refractivity contribution < 1.29 is 19.0 Å². The van der Waals surface area contributed by atoms with Crippen molar-refractivity contribution in [2.45, 2.75) is 44.2 Å². The van der Waals surface area contributed by atoms with Crippen molar-refractivity contribution in [2.24, 2.45) is 0 Å². The number of ketones is 1. The highest BCUT2D eigenvalue weighted by Gasteiger charge is 2.43. The summed E-state index contributed by atoms with van der Waals surface area (Å²) in [6.45, 7) is 0.684. The van der Waals surface area contributed by atoms with Crippen molar-refractivity contribution in [2.75, 3.05) is 13.7 Å². The summed E-state index contributed by atoms with van der Waals surface area (Å²) in [4.78, 5) is 11.5. The molecule has 0 bridgehead atoms. The summed E-state index contributed by atoms with van der Waals surface area (Å²) < 4.78 is 16.3. The molecular weight excluding hydrogens is 184 g/mol. The summed E-state index contributed by atoms with van der Waals surface area (Å²) >= 11 is 0. The van der Waals surface area contributed by atoms with Gasteiger partial charge < -0.3 is 14.2 Å². The molecule has 4 heteroatoms. The third-order valence-electron chi connectivity index (χ3n) is 2.79. The summed E-state index contributed by atoms with van der Waals surface area (Å²) in [5.74, 6) is -0.501. The minimum atomic E-state index is -0.672. The van der Waals surface area contributed by atoms with Crippen LogP contribution in [0.2, 0.25) is 0 Å². The molecule has 0 aromatic heterocycles. The van der Waals surface area contributed by atoms with Crippen LogP contribution in [0.3, 0.4) is 0 Å². The van der Waals surface area contributed by atoms with E-state index in [0.29, 0.717) is 19.4 Å². The third-order valence-corrected chi connectivity index (χ3v) is 2.79. The normalized spacial score (nSPS) is 38.9. The lowest BCUT2D eigenvalue weighted by atomic mass is 9.96. The summed E-state index contributed by atoms with van der Waals surface area (Å²) in [6, 6.07) is 0. The number of methoxy groups -OCH3 is 1. The second-order valence-electron chi connectivity index (χ2n) is 3.92. The lowest BCUT2D eigenvalue weighted by molar-refractivity contribution is -0.326. The van der Waals surface area contributed by atoms with Crippen molar-refractivity contribution in [3.8, 4) is 0 Å². The summed E-state index contributed by atoms with van der Waals surface area (Å²) in [6.07, 6.45) is 3.22. The molecule has 0 aromatic rings. The van der Waals surface area contributed by atoms with Gasteiger partial charge in [-0.1, -0.05) is 0 Å². The lowest BCUT2D eigenvalue weighted by Gasteiger charge is -2.41. The zero-order valence-electron chi connectivity index (χ0n) is 8.45. The van der Waals surface area contributed by atoms with Gasteiger partial charge in [0, 0.05) is 13.5 Å². The molecule has 2 atom stereocenters. The summed E-state index contributed by atoms with van der Waals surface area (Å²) in [7, 11) is 1.56. The number of carbonyl (C=O) groups excluding carboxylic acids is 1. The molecule has 0 saturated carbocycles. The molecule has 2 saturated heterocycles. The number of Topliss-reactive ketones (excluding diaryl/α,β-unsaturated/α-hetero) is 1. The highest BCUT2D eigenvalue weighted by molar-refractivity contribution is 5.80. The Hall–Kier alpha value is -0.450. The van der Waals surface area contributed by atoms with Gasteiger partial charge >= 0.3 is 0 Å². The van der Waals surface area contributed by atoms with Crippen LogP contribution in [0.4, 0.5) is 0 Å². The SMILES string of the molecule is COC1CC(=O)CC2(CCCCO2)O1. The van der Waals surface area contributed by atoms with Crippen molar-refractivity contribution in [3.05, 3.63) is 0 Å². The second-order valence-corrected chi connectivity index (χ2v) is 3.92. The van der Waals surface area contributed by atoms with Gasteiger partial charge in [0.2, 0.25) is 0 Å². The monoisotopic (exact) mass is 200 g/mol. The highest BCUT2D eigenvalue weighted by atomic mass is 16.8. The van der Waals surface area contributed by atoms with E-state index < -0.39 is 12.1 Å². The van der Waals surface area contributed by atoms with E-state index in [1.807, 2.05) is 0 Å². The van der Waals surface area contributed by atoms with Gasteiger partial charge in [-0.25, -0.2) is 0 Å². The number of hydrogen-bond acceptors (Lipinski definition) is 4. The first-order valence-electron chi connectivity index (χ1n) is 5.10. The molecule has 2 aliphatic heterocycles. The highest BCUT2D eigenvalue weighted by Crippen LogP contribution is 2.35. The minimum Gasteiger partial charge on any atom is -0.355 e. The summed E-state index contributed by atoms with van der Waals surface area (Å²) in [5.41, 5.74) is 0. The van der Waals surface area contributed by atoms with Gasteiger partial charge in [0.25, 0.3) is 0 Å². The largest absolute Gasteiger partial charge is 0.355 e. The van der Waals surface area contributed by atoms with Crippen LogP contribution in [-0.2, 0) is 19.0 Å². The Morgan fingerprint density at radius 1 is 1.50 bits per heavy atom. The molecule has 2 heterocycles. The smallest absolute Gasteiger partial charge is 0.178 e. The first-order chi connectivity index (χ1) is 6.74. The molecule has 0 aromatic carbocycles. The molecule has 4 nitrogen and oxygen atoms in total. The number of ether oxygens (including phenoxy) is 3. The molecule has 0 radical (unpaired) electrons. The second kappa shape index (κ2) is 3.96. The first-order valence-corrected chi connectivity index (χ1v) is 5.10. The van der Waals surface area contributed by atoms with Gasteiger partial charge in [0.15, 0.2) is 12.1 Å². The molecule has 0 aliphatic carbocycles. The fourth-order valence-electron chi connectivity index (χ4n) is 2.07. The molecule has 2 unspecified atom stereocenters. The lowest BCUT2D eigenvalue weighted by Crippen LogP contribution is -2.48. The van der Waals surface area contributed by atoms with Gasteiger partial charge in [-0.2, -0.15) is 0 Å². The molecule has 2 fully saturated rings. The van der Waals surface area contributed by atoms with Gasteiger partial charge in [0.1, 0.15) is 5.78 Å². The van der Waals surface area contributed by atoms with Crippen LogP contribution in [0, 0.1) is 0 Å². The summed E-state index contributed by atoms with van der Waals surface area (Å²) in [5, 5.41) is 0. The number of carbonyl (C=O) groups is 1. The molecule has 80 valence electrons. The zero-order chi connectivity index (χ0) is 10.0. The van der Waals surface area contributed by atoms with Crippen molar-refractivity contribution in [1.82, 2.24) is 0 Å². The van der Waals surface area contributed by atoms with Crippen LogP contribution in [0.15, 0.2) is 0 Å². The average Bonchev–Trinajstić information content (AvgIpc) is 2.17. The standard InChI is InChI=1S/C10H16O4/c1-12-9-6-8(11)7-10(14-9)4-2-3-5-13-10/h9H,2-7H2,1H3. The average molecular weight is 200 g/mol. The number of hydrogen-bond donors (Lipinski definition) is 0. The first kappa shape index (κ1) is 10.1. The van der Waals surface area contributed by atoms with Crippen LogP contribution in [0.25, 0.3) is 0 Å². The molecule has 1 spiro atoms. The maximum atomic E-state index is 11.5. The van der Waals surface area contributed by atoms with Crippen LogP contribution < -0.4 is 0 Å². The van der Waals surface area contributed by atoms with Crippen molar-refractivity contribution in [3.63, 3.8) is 0 Å². The third kappa shape index (κ3) is 1.97. The van der Waals surface area contributed by atoms with Crippen molar-refractivity contribution in [1.29, 1.82) is 0 Å². The maximum absolute atomic E-state index is 11.5. The van der Waals surface area contributed by atoms with E-state index in [4.69, 9.17) is 14.2 Å². The Labute approximate surface area is 83.5 Å². The number of rotatable bonds is 1. The molecule has 0 N–H and O–H groups in total. The minimum absolute atomic E-state index is 0.171. The molecule has 0 amide bonds. The Morgan fingerprint density at radius 2 is 2.36 bits per heavy atom. The molecular formula is C10H16O4. The maximum Gasteiger partial charge on any atom is 0.178 e. The Bertz CT molecular complexity index is 220. The quantitative estimate of drug-likeness (QED) is 0.638. The fraction of sp³-hybridized carbons (Fsp3) is 0.900. The Balaban J connectivity index is 2.05. The van der Waals surface area contributed by atoms with E-state index in [-0.39, 0.29) is 5.78 Å². The van der Waals surface area contributed by atoms with Crippen LogP contribution in [0.1, 0.15) is 32.1 Å². The van der Waals surface area contributed by atoms with Gasteiger partial charge in [-0.3, -0.25) is 4.79 Å². The van der Waals surface area contributed by atoms with E-state index in [1.165, 1.54) is 0 Å². The molecule has 2 aliphatic rings. The van der Waals surface area contributed by atoms with E-state index in [0.717, 1.165) is 19.3 Å². The predicted molar refractivity (Wildman–Crippen MR) is 48.7 cm³/mol. The van der Waals surface area contributed by atoms with E-state index in [2.05, 4.69) is 0 Å². The topological polar surface area (TPSA) is 44.8 Å². The molecule has 14 heavy (non-hydrogen) atoms. The van der Waals surface area contributed by atoms with Gasteiger partial charge in [-0.15, -0.1) is 0 Å². The van der Waals surface area contributed by atoms with Gasteiger partial charge in [-0.05, 0) is 12.8 Å². The Morgan fingerprint density at radius 3 is 3.00 bits per heavy atom. The van der Waals surface area contributed by atoms with Crippen molar-refractivity contribution >= 4 is 5.78 Å². The van der Waals surface area contributed by atoms with E-state index in [9.17, 15) is 4.79 Å². The van der Waals surface area contributed by atoms with Crippen LogP contribution >= 0.6 is 0 Å². The van der Waals surface area contributed by atoms with E-state index in [1.54, 1.807) is 7.11 Å². The fourth-order valence-corrected chi connectivity index (χ4v) is 2.07. The molecule has 2 rings (SSSR count). The van der Waals surface area contributed by atoms with E-state index >= 15 is 0 Å². The van der Waals surface area contributed by atoms with Crippen LogP contribution in [0.5, 0.6) is 0 Å². The van der Waals surface area contributed by atoms with Crippen LogP contribution in [-0.4, -0.2) is 31.6 Å². The zero-order valence-corrected chi connectivity index (χ0v) is 8.45. The Kier molecular flexibility index (Phi) is 2.85. The van der Waals surface area contributed by atoms with Gasteiger partial charge in [0.05, 0.1) is 19.4 Å².